The van der Waals surface area contributed by atoms with E-state index < -0.39 is 0 Å². The largest absolute Gasteiger partial charge is 0.508 e. The fraction of sp³-hybridized carbons (Fsp3) is 0.667. The number of aryl methyl sites for hydroxylation is 1. The Bertz CT molecular complexity index is 575. The van der Waals surface area contributed by atoms with E-state index in [1.165, 1.54) is 30.4 Å². The lowest BCUT2D eigenvalue weighted by atomic mass is 9.48. The predicted octanol–water partition coefficient (Wildman–Crippen LogP) is 4.24. The van der Waals surface area contributed by atoms with Crippen LogP contribution >= 0.6 is 0 Å². The monoisotopic (exact) mass is 272 g/mol. The van der Waals surface area contributed by atoms with Gasteiger partial charge in [-0.25, -0.2) is 0 Å². The fourth-order valence-electron chi connectivity index (χ4n) is 5.24. The molecule has 2 heteroatoms. The van der Waals surface area contributed by atoms with Crippen molar-refractivity contribution in [1.29, 1.82) is 0 Å². The van der Waals surface area contributed by atoms with Crippen molar-refractivity contribution in [1.82, 2.24) is 0 Å². The molecule has 1 aromatic rings. The molecule has 2 heterocycles. The summed E-state index contributed by atoms with van der Waals surface area (Å²) in [6, 6.07) is 4.21. The first-order valence-electron chi connectivity index (χ1n) is 7.90. The molecule has 1 unspecified atom stereocenters. The Labute approximate surface area is 121 Å². The van der Waals surface area contributed by atoms with Crippen LogP contribution in [-0.2, 0) is 10.2 Å². The Morgan fingerprint density at radius 1 is 1.25 bits per heavy atom. The van der Waals surface area contributed by atoms with E-state index >= 15 is 0 Å². The van der Waals surface area contributed by atoms with Crippen molar-refractivity contribution < 1.29 is 9.84 Å². The molecule has 1 spiro atoms. The Morgan fingerprint density at radius 2 is 2.05 bits per heavy atom. The molecule has 0 radical (unpaired) electrons. The van der Waals surface area contributed by atoms with Crippen LogP contribution in [0, 0.1) is 18.3 Å². The number of fused-ring (bicyclic) bond motifs is 1. The quantitative estimate of drug-likeness (QED) is 0.765. The van der Waals surface area contributed by atoms with Crippen molar-refractivity contribution in [3.05, 3.63) is 28.8 Å². The van der Waals surface area contributed by atoms with Crippen LogP contribution in [0.5, 0.6) is 5.75 Å². The molecule has 2 aliphatic carbocycles. The third kappa shape index (κ3) is 1.43. The lowest BCUT2D eigenvalue weighted by molar-refractivity contribution is -0.136. The molecule has 1 N–H and O–H groups in total. The topological polar surface area (TPSA) is 29.5 Å². The second-order valence-corrected chi connectivity index (χ2v) is 7.81. The van der Waals surface area contributed by atoms with Crippen LogP contribution in [-0.4, -0.2) is 11.7 Å². The third-order valence-electron chi connectivity index (χ3n) is 6.30. The van der Waals surface area contributed by atoms with Crippen molar-refractivity contribution >= 4 is 0 Å². The lowest BCUT2D eigenvalue weighted by Gasteiger charge is -2.60. The minimum Gasteiger partial charge on any atom is -0.508 e. The van der Waals surface area contributed by atoms with Gasteiger partial charge in [-0.1, -0.05) is 20.3 Å². The first-order valence-corrected chi connectivity index (χ1v) is 7.90. The van der Waals surface area contributed by atoms with Crippen molar-refractivity contribution in [2.24, 2.45) is 11.3 Å². The van der Waals surface area contributed by atoms with E-state index in [-0.39, 0.29) is 11.5 Å². The molecular weight excluding hydrogens is 248 g/mol. The van der Waals surface area contributed by atoms with Gasteiger partial charge in [0.2, 0.25) is 0 Å². The molecule has 2 nitrogen and oxygen atoms in total. The SMILES string of the molecule is Cc1cc2c(cc1O)[C@@]13CCCC(C)(C)[C@@H]1CC2OC3. The standard InChI is InChI=1S/C18H24O2/c1-11-7-12-13(8-14(11)19)18-6-4-5-17(2,3)16(18)9-15(12)20-10-18/h7-8,15-16,19H,4-6,9-10H2,1-3H3/t15?,16-,18-/m0/s1. The van der Waals surface area contributed by atoms with Gasteiger partial charge < -0.3 is 9.84 Å². The summed E-state index contributed by atoms with van der Waals surface area (Å²) in [4.78, 5) is 0. The van der Waals surface area contributed by atoms with Crippen LogP contribution in [0.2, 0.25) is 0 Å². The van der Waals surface area contributed by atoms with Gasteiger partial charge in [0, 0.05) is 5.41 Å². The Kier molecular flexibility index (Phi) is 2.41. The first kappa shape index (κ1) is 12.7. The average molecular weight is 272 g/mol. The average Bonchev–Trinajstić information content (AvgIpc) is 2.40. The number of hydrogen-bond acceptors (Lipinski definition) is 2. The van der Waals surface area contributed by atoms with E-state index in [9.17, 15) is 5.11 Å². The maximum absolute atomic E-state index is 10.2. The van der Waals surface area contributed by atoms with E-state index in [2.05, 4.69) is 19.9 Å². The number of benzene rings is 1. The van der Waals surface area contributed by atoms with Crippen LogP contribution in [0.4, 0.5) is 0 Å². The zero-order valence-corrected chi connectivity index (χ0v) is 12.7. The van der Waals surface area contributed by atoms with Gasteiger partial charge in [-0.05, 0) is 66.3 Å². The van der Waals surface area contributed by atoms with Gasteiger partial charge in [0.15, 0.2) is 0 Å². The van der Waals surface area contributed by atoms with E-state index in [0.29, 0.717) is 17.1 Å². The van der Waals surface area contributed by atoms with Gasteiger partial charge in [-0.15, -0.1) is 0 Å². The summed E-state index contributed by atoms with van der Waals surface area (Å²) in [7, 11) is 0. The maximum Gasteiger partial charge on any atom is 0.118 e. The van der Waals surface area contributed by atoms with Gasteiger partial charge in [0.05, 0.1) is 12.7 Å². The van der Waals surface area contributed by atoms with Gasteiger partial charge in [-0.3, -0.25) is 0 Å². The molecule has 5 rings (SSSR count). The minimum absolute atomic E-state index is 0.150. The summed E-state index contributed by atoms with van der Waals surface area (Å²) >= 11 is 0. The van der Waals surface area contributed by atoms with Gasteiger partial charge >= 0.3 is 0 Å². The highest BCUT2D eigenvalue weighted by Crippen LogP contribution is 2.63. The first-order chi connectivity index (χ1) is 9.44. The van der Waals surface area contributed by atoms with Crippen LogP contribution in [0.15, 0.2) is 12.1 Å². The molecule has 4 aliphatic rings. The van der Waals surface area contributed by atoms with E-state index in [4.69, 9.17) is 4.74 Å². The zero-order chi connectivity index (χ0) is 14.1. The van der Waals surface area contributed by atoms with E-state index in [0.717, 1.165) is 18.6 Å². The lowest BCUT2D eigenvalue weighted by Crippen LogP contribution is -2.56. The summed E-state index contributed by atoms with van der Waals surface area (Å²) in [5.74, 6) is 1.14. The maximum atomic E-state index is 10.2. The molecule has 1 saturated carbocycles. The highest BCUT2D eigenvalue weighted by molar-refractivity contribution is 5.50. The molecule has 1 aromatic carbocycles. The zero-order valence-electron chi connectivity index (χ0n) is 12.7. The van der Waals surface area contributed by atoms with E-state index in [1.807, 2.05) is 13.0 Å². The number of ether oxygens (including phenoxy) is 1. The van der Waals surface area contributed by atoms with Crippen LogP contribution in [0.25, 0.3) is 0 Å². The number of phenolic OH excluding ortho intramolecular Hbond substituents is 1. The van der Waals surface area contributed by atoms with Crippen molar-refractivity contribution in [2.75, 3.05) is 6.61 Å². The molecular formula is C18H24O2. The van der Waals surface area contributed by atoms with Gasteiger partial charge in [0.1, 0.15) is 5.75 Å². The Hall–Kier alpha value is -1.02. The molecule has 0 aromatic heterocycles. The predicted molar refractivity (Wildman–Crippen MR) is 79.0 cm³/mol. The van der Waals surface area contributed by atoms with Gasteiger partial charge in [0.25, 0.3) is 0 Å². The van der Waals surface area contributed by atoms with Crippen molar-refractivity contribution in [3.63, 3.8) is 0 Å². The summed E-state index contributed by atoms with van der Waals surface area (Å²) in [5, 5.41) is 10.2. The van der Waals surface area contributed by atoms with Crippen molar-refractivity contribution in [2.45, 2.75) is 58.0 Å². The number of aromatic hydroxyl groups is 1. The molecule has 108 valence electrons. The smallest absolute Gasteiger partial charge is 0.118 e. The molecule has 3 atom stereocenters. The summed E-state index contributed by atoms with van der Waals surface area (Å²) in [5.41, 5.74) is 4.25. The summed E-state index contributed by atoms with van der Waals surface area (Å²) in [6.45, 7) is 7.68. The van der Waals surface area contributed by atoms with Crippen LogP contribution in [0.1, 0.15) is 62.3 Å². The third-order valence-corrected chi connectivity index (χ3v) is 6.30. The number of hydrogen-bond donors (Lipinski definition) is 1. The number of rotatable bonds is 0. The second-order valence-electron chi connectivity index (χ2n) is 7.81. The minimum atomic E-state index is 0.150. The summed E-state index contributed by atoms with van der Waals surface area (Å²) in [6.07, 6.45) is 5.20. The molecule has 0 amide bonds. The highest BCUT2D eigenvalue weighted by atomic mass is 16.5. The molecule has 20 heavy (non-hydrogen) atoms. The molecule has 2 aliphatic heterocycles. The normalized spacial score (nSPS) is 37.4. The number of phenols is 1. The molecule has 2 bridgehead atoms. The Balaban J connectivity index is 1.94. The highest BCUT2D eigenvalue weighted by Gasteiger charge is 2.58. The van der Waals surface area contributed by atoms with Crippen molar-refractivity contribution in [3.8, 4) is 5.75 Å². The molecule has 1 saturated heterocycles. The second kappa shape index (κ2) is 3.79. The van der Waals surface area contributed by atoms with Crippen LogP contribution in [0.3, 0.4) is 0 Å². The Morgan fingerprint density at radius 3 is 2.85 bits per heavy atom. The summed E-state index contributed by atoms with van der Waals surface area (Å²) < 4.78 is 6.17. The molecule has 2 fully saturated rings. The fourth-order valence-corrected chi connectivity index (χ4v) is 5.24. The van der Waals surface area contributed by atoms with Gasteiger partial charge in [-0.2, -0.15) is 0 Å². The van der Waals surface area contributed by atoms with Crippen LogP contribution < -0.4 is 0 Å². The van der Waals surface area contributed by atoms with E-state index in [1.54, 1.807) is 0 Å².